The van der Waals surface area contributed by atoms with E-state index in [-0.39, 0.29) is 17.5 Å². The Kier molecular flexibility index (Phi) is 10.1. The molecule has 0 aliphatic rings. The first kappa shape index (κ1) is 26.1. The first-order valence-corrected chi connectivity index (χ1v) is 15.4. The van der Waals surface area contributed by atoms with E-state index in [0.717, 1.165) is 32.5 Å². The van der Waals surface area contributed by atoms with E-state index >= 15 is 0 Å². The Balaban J connectivity index is 1.63. The van der Waals surface area contributed by atoms with E-state index in [2.05, 4.69) is 20.8 Å². The van der Waals surface area contributed by atoms with Crippen LogP contribution in [0.2, 0.25) is 15.8 Å². The molecule has 0 radical (unpaired) electrons. The molecule has 0 saturated heterocycles. The van der Waals surface area contributed by atoms with Crippen molar-refractivity contribution in [3.63, 3.8) is 0 Å². The van der Waals surface area contributed by atoms with Crippen LogP contribution < -0.4 is 0 Å². The molecule has 3 aromatic rings. The third kappa shape index (κ3) is 8.33. The van der Waals surface area contributed by atoms with E-state index in [9.17, 15) is 13.2 Å². The van der Waals surface area contributed by atoms with Crippen LogP contribution in [0.1, 0.15) is 55.2 Å². The molecule has 0 N–H and O–H groups in total. The zero-order valence-corrected chi connectivity index (χ0v) is 22.2. The van der Waals surface area contributed by atoms with E-state index in [1.54, 1.807) is 0 Å². The normalized spacial score (nSPS) is 13.9. The Morgan fingerprint density at radius 1 is 0.606 bits per heavy atom. The predicted octanol–water partition coefficient (Wildman–Crippen LogP) is 7.59. The summed E-state index contributed by atoms with van der Waals surface area (Å²) in [5.74, 6) is 0.288. The van der Waals surface area contributed by atoms with E-state index in [4.69, 9.17) is 2.84 Å². The van der Waals surface area contributed by atoms with Gasteiger partial charge in [-0.3, -0.25) is 0 Å². The summed E-state index contributed by atoms with van der Waals surface area (Å²) in [5.41, 5.74) is 3.41. The summed E-state index contributed by atoms with van der Waals surface area (Å²) in [7, 11) is 0. The average Bonchev–Trinajstić information content (AvgIpc) is 2.80. The predicted molar refractivity (Wildman–Crippen MR) is 133 cm³/mol. The molecule has 6 heteroatoms. The topological polar surface area (TPSA) is 9.23 Å². The third-order valence-corrected chi connectivity index (χ3v) is 12.9. The molecule has 0 aliphatic heterocycles. The maximum atomic E-state index is 13.3. The van der Waals surface area contributed by atoms with Crippen molar-refractivity contribution in [2.24, 2.45) is 0 Å². The molecule has 33 heavy (non-hydrogen) atoms. The number of hydrogen-bond acceptors (Lipinski definition) is 1. The quantitative estimate of drug-likeness (QED) is 0.256. The second-order valence-corrected chi connectivity index (χ2v) is 13.6. The molecule has 3 rings (SSSR count). The molecule has 0 saturated carbocycles. The lowest BCUT2D eigenvalue weighted by molar-refractivity contribution is 0.570. The Labute approximate surface area is 206 Å². The van der Waals surface area contributed by atoms with Gasteiger partial charge in [-0.15, -0.1) is 0 Å². The minimum Gasteiger partial charge on any atom is -0.639 e. The summed E-state index contributed by atoms with van der Waals surface area (Å²) in [5, 5.41) is 2.97. The molecule has 0 heterocycles. The largest absolute Gasteiger partial charge is 0.639 e. The number of halogens is 3. The zero-order chi connectivity index (χ0) is 23.8. The van der Waals surface area contributed by atoms with Gasteiger partial charge in [0.1, 0.15) is 17.5 Å². The van der Waals surface area contributed by atoms with Gasteiger partial charge >= 0.3 is 30.0 Å². The minimum atomic E-state index is -1.56. The van der Waals surface area contributed by atoms with Crippen molar-refractivity contribution in [1.82, 2.24) is 0 Å². The molecule has 0 fully saturated rings. The zero-order valence-electron chi connectivity index (χ0n) is 19.6. The number of rotatable bonds is 11. The highest BCUT2D eigenvalue weighted by Crippen LogP contribution is 2.29. The second kappa shape index (κ2) is 12.8. The van der Waals surface area contributed by atoms with Crippen molar-refractivity contribution >= 4 is 30.0 Å². The molecule has 0 spiro atoms. The Morgan fingerprint density at radius 3 is 1.30 bits per heavy atom. The molecular weight excluding hydrogens is 451 g/mol. The van der Waals surface area contributed by atoms with Crippen LogP contribution in [0.5, 0.6) is 0 Å². The van der Waals surface area contributed by atoms with Gasteiger partial charge in [0.2, 0.25) is 0 Å². The molecular formula is C27H31Al2F3O. The van der Waals surface area contributed by atoms with Crippen LogP contribution in [-0.4, -0.2) is 30.0 Å². The van der Waals surface area contributed by atoms with E-state index < -0.39 is 30.0 Å². The van der Waals surface area contributed by atoms with Crippen LogP contribution in [0, 0.1) is 17.5 Å². The highest BCUT2D eigenvalue weighted by Gasteiger charge is 2.27. The monoisotopic (exact) mass is 482 g/mol. The van der Waals surface area contributed by atoms with Gasteiger partial charge < -0.3 is 2.84 Å². The third-order valence-electron chi connectivity index (χ3n) is 6.45. The molecule has 172 valence electrons. The smallest absolute Gasteiger partial charge is 0.431 e. The summed E-state index contributed by atoms with van der Waals surface area (Å²) in [6, 6.07) is 20.3. The summed E-state index contributed by atoms with van der Waals surface area (Å²) in [6.07, 6.45) is 0. The fourth-order valence-corrected chi connectivity index (χ4v) is 10.2. The maximum Gasteiger partial charge on any atom is 0.431 e. The van der Waals surface area contributed by atoms with Gasteiger partial charge in [-0.25, -0.2) is 13.2 Å². The van der Waals surface area contributed by atoms with Crippen LogP contribution in [0.15, 0.2) is 72.8 Å². The average molecular weight is 483 g/mol. The Hall–Kier alpha value is -1.53. The molecule has 0 aliphatic carbocycles. The van der Waals surface area contributed by atoms with Gasteiger partial charge in [-0.1, -0.05) is 73.0 Å². The fraction of sp³-hybridized carbons (Fsp3) is 0.333. The molecule has 0 aromatic heterocycles. The Bertz CT molecular complexity index is 924. The van der Waals surface area contributed by atoms with Crippen molar-refractivity contribution in [3.8, 4) is 0 Å². The van der Waals surface area contributed by atoms with Crippen LogP contribution >= 0.6 is 0 Å². The van der Waals surface area contributed by atoms with E-state index in [1.807, 2.05) is 36.4 Å². The van der Waals surface area contributed by atoms with Gasteiger partial charge in [0.15, 0.2) is 0 Å². The minimum absolute atomic E-state index is 0.212. The van der Waals surface area contributed by atoms with Crippen LogP contribution in [0.4, 0.5) is 13.2 Å². The van der Waals surface area contributed by atoms with Crippen molar-refractivity contribution in [2.75, 3.05) is 0 Å². The first-order chi connectivity index (χ1) is 15.8. The Morgan fingerprint density at radius 2 is 0.939 bits per heavy atom. The molecule has 3 unspecified atom stereocenters. The summed E-state index contributed by atoms with van der Waals surface area (Å²) in [4.78, 5) is 0. The van der Waals surface area contributed by atoms with Crippen molar-refractivity contribution in [3.05, 3.63) is 107 Å². The van der Waals surface area contributed by atoms with Crippen LogP contribution in [0.25, 0.3) is 0 Å². The van der Waals surface area contributed by atoms with Gasteiger partial charge in [0.05, 0.1) is 0 Å². The van der Waals surface area contributed by atoms with Gasteiger partial charge in [0.25, 0.3) is 0 Å². The first-order valence-electron chi connectivity index (χ1n) is 11.7. The van der Waals surface area contributed by atoms with Gasteiger partial charge in [-0.05, 0) is 70.8 Å². The van der Waals surface area contributed by atoms with Crippen molar-refractivity contribution < 1.29 is 16.0 Å². The van der Waals surface area contributed by atoms with Gasteiger partial charge in [-0.2, -0.15) is 0 Å². The van der Waals surface area contributed by atoms with Crippen molar-refractivity contribution in [2.45, 2.75) is 54.4 Å². The second-order valence-electron chi connectivity index (χ2n) is 9.11. The number of benzene rings is 3. The van der Waals surface area contributed by atoms with Gasteiger partial charge in [0, 0.05) is 0 Å². The van der Waals surface area contributed by atoms with E-state index in [0.29, 0.717) is 17.8 Å². The standard InChI is InChI=1S/3C9H10F.2Al.O.H/c3*1-7(2)8-3-5-9(10)6-4-8;;;;/h3*3-7H,1H2,2H3;;;;. The SMILES string of the molecule is CC([CH2][AlH][O][Al]([CH2]C(C)c1ccc(F)cc1)[CH2]C(C)c1ccc(F)cc1)c1ccc(F)cc1. The maximum absolute atomic E-state index is 13.3. The molecule has 0 amide bonds. The summed E-state index contributed by atoms with van der Waals surface area (Å²) < 4.78 is 46.6. The van der Waals surface area contributed by atoms with E-state index in [1.165, 1.54) is 36.4 Å². The lowest BCUT2D eigenvalue weighted by Gasteiger charge is -2.22. The number of hydrogen-bond donors (Lipinski definition) is 0. The summed E-state index contributed by atoms with van der Waals surface area (Å²) in [6.45, 7) is 6.53. The molecule has 3 atom stereocenters. The summed E-state index contributed by atoms with van der Waals surface area (Å²) >= 11 is -2.31. The highest BCUT2D eigenvalue weighted by molar-refractivity contribution is 6.59. The van der Waals surface area contributed by atoms with Crippen LogP contribution in [-0.2, 0) is 2.84 Å². The highest BCUT2D eigenvalue weighted by atomic mass is 27.3. The molecule has 1 nitrogen and oxygen atoms in total. The van der Waals surface area contributed by atoms with Crippen molar-refractivity contribution in [1.29, 1.82) is 0 Å². The molecule has 3 aromatic carbocycles. The lowest BCUT2D eigenvalue weighted by Crippen LogP contribution is -2.25. The lowest BCUT2D eigenvalue weighted by atomic mass is 10.0. The molecule has 0 bridgehead atoms. The van der Waals surface area contributed by atoms with Crippen LogP contribution in [0.3, 0.4) is 0 Å². The fourth-order valence-electron chi connectivity index (χ4n) is 4.25.